The van der Waals surface area contributed by atoms with Crippen molar-refractivity contribution in [2.45, 2.75) is 32.7 Å². The van der Waals surface area contributed by atoms with Crippen LogP contribution >= 0.6 is 0 Å². The van der Waals surface area contributed by atoms with E-state index in [0.717, 1.165) is 25.9 Å². The zero-order chi connectivity index (χ0) is 15.7. The van der Waals surface area contributed by atoms with Crippen LogP contribution in [0.3, 0.4) is 0 Å². The van der Waals surface area contributed by atoms with Crippen molar-refractivity contribution in [2.24, 2.45) is 5.92 Å². The van der Waals surface area contributed by atoms with E-state index >= 15 is 0 Å². The molecule has 0 saturated heterocycles. The van der Waals surface area contributed by atoms with Gasteiger partial charge in [0.2, 0.25) is 0 Å². The van der Waals surface area contributed by atoms with Gasteiger partial charge in [-0.2, -0.15) is 0 Å². The van der Waals surface area contributed by atoms with Crippen molar-refractivity contribution < 1.29 is 9.53 Å². The normalized spacial score (nSPS) is 12.9. The van der Waals surface area contributed by atoms with Gasteiger partial charge in [0.05, 0.1) is 12.6 Å². The van der Waals surface area contributed by atoms with Crippen LogP contribution in [0.25, 0.3) is 0 Å². The first-order valence-corrected chi connectivity index (χ1v) is 7.55. The fraction of sp³-hybridized carbons (Fsp3) is 0.588. The molecule has 0 spiro atoms. The molecule has 0 aliphatic rings. The van der Waals surface area contributed by atoms with Gasteiger partial charge >= 0.3 is 0 Å². The second kappa shape index (κ2) is 9.64. The number of pyridine rings is 1. The number of ether oxygens (including phenoxy) is 1. The summed E-state index contributed by atoms with van der Waals surface area (Å²) in [5.41, 5.74) is 1.18. The molecule has 0 saturated carbocycles. The van der Waals surface area contributed by atoms with Crippen molar-refractivity contribution >= 4 is 5.78 Å². The Balaban J connectivity index is 2.73. The van der Waals surface area contributed by atoms with E-state index in [1.54, 1.807) is 13.3 Å². The summed E-state index contributed by atoms with van der Waals surface area (Å²) in [7, 11) is 1.64. The lowest BCUT2D eigenvalue weighted by Crippen LogP contribution is -2.47. The van der Waals surface area contributed by atoms with Gasteiger partial charge in [-0.05, 0) is 31.0 Å². The van der Waals surface area contributed by atoms with Gasteiger partial charge in [-0.1, -0.05) is 26.8 Å². The third-order valence-corrected chi connectivity index (χ3v) is 3.52. The first-order valence-electron chi connectivity index (χ1n) is 7.55. The highest BCUT2D eigenvalue weighted by molar-refractivity contribution is 5.85. The topological polar surface area (TPSA) is 42.4 Å². The Kier molecular flexibility index (Phi) is 8.16. The first kappa shape index (κ1) is 17.8. The number of hydrogen-bond donors (Lipinski definition) is 0. The number of carbonyl (C=O) groups is 1. The Hall–Kier alpha value is -1.26. The van der Waals surface area contributed by atoms with Gasteiger partial charge in [0.15, 0.2) is 5.78 Å². The number of methoxy groups -OCH3 is 1. The number of aromatic nitrogens is 1. The highest BCUT2D eigenvalue weighted by Crippen LogP contribution is 2.11. The van der Waals surface area contributed by atoms with Crippen molar-refractivity contribution in [1.29, 1.82) is 0 Å². The molecule has 0 bridgehead atoms. The maximum Gasteiger partial charge on any atom is 0.154 e. The molecule has 0 N–H and O–H groups in total. The monoisotopic (exact) mass is 291 g/mol. The summed E-state index contributed by atoms with van der Waals surface area (Å²) in [6.07, 6.45) is 5.29. The molecule has 1 atom stereocenters. The largest absolute Gasteiger partial charge is 0.383 e. The lowest BCUT2D eigenvalue weighted by atomic mass is 10.00. The predicted molar refractivity (Wildman–Crippen MR) is 85.0 cm³/mol. The lowest BCUT2D eigenvalue weighted by molar-refractivity contribution is -0.129. The second-order valence-electron chi connectivity index (χ2n) is 5.53. The average molecular weight is 291 g/mol. The van der Waals surface area contributed by atoms with Crippen LogP contribution in [0.1, 0.15) is 25.8 Å². The fourth-order valence-electron chi connectivity index (χ4n) is 2.36. The van der Waals surface area contributed by atoms with Gasteiger partial charge < -0.3 is 4.74 Å². The molecule has 0 aliphatic carbocycles. The maximum atomic E-state index is 12.4. The molecule has 1 aromatic heterocycles. The molecule has 1 radical (unpaired) electrons. The van der Waals surface area contributed by atoms with E-state index < -0.39 is 0 Å². The zero-order valence-corrected chi connectivity index (χ0v) is 13.4. The third kappa shape index (κ3) is 5.94. The molecule has 4 heteroatoms. The number of carbonyl (C=O) groups excluding carboxylic acids is 1. The molecule has 0 fully saturated rings. The molecular weight excluding hydrogens is 264 g/mol. The minimum Gasteiger partial charge on any atom is -0.383 e. The van der Waals surface area contributed by atoms with Crippen molar-refractivity contribution in [1.82, 2.24) is 9.88 Å². The predicted octanol–water partition coefficient (Wildman–Crippen LogP) is 2.39. The van der Waals surface area contributed by atoms with E-state index in [0.29, 0.717) is 6.61 Å². The molecule has 0 amide bonds. The molecule has 0 aromatic carbocycles. The summed E-state index contributed by atoms with van der Waals surface area (Å²) in [4.78, 5) is 18.7. The van der Waals surface area contributed by atoms with Gasteiger partial charge in [-0.3, -0.25) is 14.7 Å². The van der Waals surface area contributed by atoms with Gasteiger partial charge in [0.25, 0.3) is 0 Å². The van der Waals surface area contributed by atoms with Crippen LogP contribution in [0.2, 0.25) is 0 Å². The molecule has 1 rings (SSSR count). The van der Waals surface area contributed by atoms with Crippen LogP contribution in [0.4, 0.5) is 0 Å². The minimum atomic E-state index is -0.187. The van der Waals surface area contributed by atoms with Crippen LogP contribution in [-0.4, -0.2) is 48.5 Å². The van der Waals surface area contributed by atoms with Crippen molar-refractivity contribution in [3.63, 3.8) is 0 Å². The van der Waals surface area contributed by atoms with Crippen molar-refractivity contribution in [3.8, 4) is 0 Å². The summed E-state index contributed by atoms with van der Waals surface area (Å²) < 4.78 is 5.26. The van der Waals surface area contributed by atoms with Gasteiger partial charge in [0, 0.05) is 32.0 Å². The maximum absolute atomic E-state index is 12.4. The van der Waals surface area contributed by atoms with E-state index in [2.05, 4.69) is 22.9 Å². The van der Waals surface area contributed by atoms with Crippen LogP contribution in [0, 0.1) is 12.8 Å². The molecule has 1 aromatic rings. The smallest absolute Gasteiger partial charge is 0.154 e. The first-order chi connectivity index (χ1) is 10.1. The molecule has 4 nitrogen and oxygen atoms in total. The average Bonchev–Trinajstić information content (AvgIpc) is 2.49. The van der Waals surface area contributed by atoms with E-state index in [9.17, 15) is 4.79 Å². The third-order valence-electron chi connectivity index (χ3n) is 3.52. The number of hydrogen-bond acceptors (Lipinski definition) is 4. The molecule has 21 heavy (non-hydrogen) atoms. The summed E-state index contributed by atoms with van der Waals surface area (Å²) in [6.45, 7) is 9.85. The molecule has 0 aliphatic heterocycles. The molecular formula is C17H27N2O2. The molecule has 117 valence electrons. The second-order valence-corrected chi connectivity index (χ2v) is 5.53. The number of rotatable bonds is 10. The standard InChI is InChI=1S/C17H27N2O2/c1-5-10-19(11-8-15-7-6-9-18-12-15)16(13-21-4)17(20)14(2)3/h6-7,9,12,14,16H,1,5,8,10-11,13H2,2-4H3. The van der Waals surface area contributed by atoms with Gasteiger partial charge in [0.1, 0.15) is 0 Å². The number of nitrogens with zero attached hydrogens (tertiary/aromatic N) is 2. The van der Waals surface area contributed by atoms with Gasteiger partial charge in [-0.15, -0.1) is 0 Å². The summed E-state index contributed by atoms with van der Waals surface area (Å²) in [5.74, 6) is 0.243. The Morgan fingerprint density at radius 2 is 2.19 bits per heavy atom. The van der Waals surface area contributed by atoms with Crippen molar-refractivity contribution in [2.75, 3.05) is 26.8 Å². The summed E-state index contributed by atoms with van der Waals surface area (Å²) in [5, 5.41) is 0. The number of ketones is 1. The van der Waals surface area contributed by atoms with Crippen LogP contribution in [0.5, 0.6) is 0 Å². The summed E-state index contributed by atoms with van der Waals surface area (Å²) >= 11 is 0. The van der Waals surface area contributed by atoms with Crippen LogP contribution in [-0.2, 0) is 16.0 Å². The molecule has 1 heterocycles. The Morgan fingerprint density at radius 3 is 2.71 bits per heavy atom. The van der Waals surface area contributed by atoms with E-state index in [-0.39, 0.29) is 17.7 Å². The fourth-order valence-corrected chi connectivity index (χ4v) is 2.36. The van der Waals surface area contributed by atoms with Crippen LogP contribution in [0.15, 0.2) is 24.5 Å². The minimum absolute atomic E-state index is 0.0101. The zero-order valence-electron chi connectivity index (χ0n) is 13.4. The number of Topliss-reactive ketones (excluding diaryl/α,β-unsaturated/α-hetero) is 1. The Bertz CT molecular complexity index is 407. The van der Waals surface area contributed by atoms with E-state index in [1.807, 2.05) is 26.1 Å². The van der Waals surface area contributed by atoms with Crippen LogP contribution < -0.4 is 0 Å². The highest BCUT2D eigenvalue weighted by Gasteiger charge is 2.26. The van der Waals surface area contributed by atoms with Crippen molar-refractivity contribution in [3.05, 3.63) is 37.0 Å². The quantitative estimate of drug-likeness (QED) is 0.664. The Morgan fingerprint density at radius 1 is 1.43 bits per heavy atom. The van der Waals surface area contributed by atoms with Gasteiger partial charge in [-0.25, -0.2) is 0 Å². The summed E-state index contributed by atoms with van der Waals surface area (Å²) in [6, 6.07) is 3.81. The highest BCUT2D eigenvalue weighted by atomic mass is 16.5. The lowest BCUT2D eigenvalue weighted by Gasteiger charge is -2.31. The SMILES string of the molecule is [CH2]CCN(CCc1cccnc1)C(COC)C(=O)C(C)C. The van der Waals surface area contributed by atoms with E-state index in [4.69, 9.17) is 4.74 Å². The Labute approximate surface area is 128 Å². The molecule has 1 unspecified atom stereocenters. The van der Waals surface area contributed by atoms with E-state index in [1.165, 1.54) is 5.56 Å².